The van der Waals surface area contributed by atoms with Crippen molar-refractivity contribution in [2.24, 2.45) is 0 Å². The average Bonchev–Trinajstić information content (AvgIpc) is 3.47. The lowest BCUT2D eigenvalue weighted by molar-refractivity contribution is -0.359. The number of amides is 1. The number of aliphatic hydroxyl groups excluding tert-OH is 8. The number of aliphatic hydroxyl groups is 8. The van der Waals surface area contributed by atoms with Gasteiger partial charge in [-0.3, -0.25) is 4.79 Å². The zero-order chi connectivity index (χ0) is 56.7. The molecule has 0 bridgehead atoms. The highest BCUT2D eigenvalue weighted by atomic mass is 16.7. The van der Waals surface area contributed by atoms with Crippen molar-refractivity contribution in [3.05, 3.63) is 12.2 Å². The van der Waals surface area contributed by atoms with Crippen molar-refractivity contribution in [3.8, 4) is 0 Å². The van der Waals surface area contributed by atoms with Gasteiger partial charge in [0, 0.05) is 6.42 Å². The molecule has 2 heterocycles. The second kappa shape index (κ2) is 50.3. The summed E-state index contributed by atoms with van der Waals surface area (Å²) in [4.78, 5) is 13.2. The zero-order valence-electron chi connectivity index (χ0n) is 49.9. The van der Waals surface area contributed by atoms with Crippen molar-refractivity contribution in [3.63, 3.8) is 0 Å². The van der Waals surface area contributed by atoms with Gasteiger partial charge in [-0.1, -0.05) is 264 Å². The summed E-state index contributed by atoms with van der Waals surface area (Å²) in [5.41, 5.74) is 0. The maximum atomic E-state index is 13.2. The lowest BCUT2D eigenvalue weighted by atomic mass is 9.97. The van der Waals surface area contributed by atoms with Crippen LogP contribution in [0.5, 0.6) is 0 Å². The van der Waals surface area contributed by atoms with Crippen LogP contribution in [0.4, 0.5) is 0 Å². The van der Waals surface area contributed by atoms with Gasteiger partial charge in [0.05, 0.1) is 32.0 Å². The number of nitrogens with one attached hydrogen (secondary N) is 1. The first-order valence-electron chi connectivity index (χ1n) is 32.9. The number of carbonyl (C=O) groups is 1. The number of ether oxygens (including phenoxy) is 4. The van der Waals surface area contributed by atoms with Crippen molar-refractivity contribution in [1.82, 2.24) is 5.32 Å². The highest BCUT2D eigenvalue weighted by Gasteiger charge is 2.51. The van der Waals surface area contributed by atoms with Gasteiger partial charge >= 0.3 is 0 Å². The van der Waals surface area contributed by atoms with Gasteiger partial charge in [-0.25, -0.2) is 0 Å². The molecule has 14 nitrogen and oxygen atoms in total. The summed E-state index contributed by atoms with van der Waals surface area (Å²) in [6, 6.07) is -0.821. The molecule has 462 valence electrons. The second-order valence-electron chi connectivity index (χ2n) is 23.6. The molecule has 2 aliphatic rings. The number of carbonyl (C=O) groups excluding carboxylic acids is 1. The van der Waals surface area contributed by atoms with Crippen molar-refractivity contribution in [2.75, 3.05) is 19.8 Å². The molecule has 2 fully saturated rings. The van der Waals surface area contributed by atoms with E-state index < -0.39 is 86.8 Å². The second-order valence-corrected chi connectivity index (χ2v) is 23.6. The molecule has 12 atom stereocenters. The van der Waals surface area contributed by atoms with Crippen LogP contribution >= 0.6 is 0 Å². The number of unbranched alkanes of at least 4 members (excludes halogenated alkanes) is 39. The summed E-state index contributed by atoms with van der Waals surface area (Å²) < 4.78 is 22.7. The van der Waals surface area contributed by atoms with Gasteiger partial charge in [-0.05, 0) is 38.5 Å². The fraction of sp³-hybridized carbons (Fsp3) is 0.953. The Labute approximate surface area is 476 Å². The van der Waals surface area contributed by atoms with E-state index in [0.29, 0.717) is 12.8 Å². The van der Waals surface area contributed by atoms with Gasteiger partial charge in [-0.15, -0.1) is 0 Å². The van der Waals surface area contributed by atoms with Gasteiger partial charge < -0.3 is 65.1 Å². The Kier molecular flexibility index (Phi) is 46.9. The third-order valence-corrected chi connectivity index (χ3v) is 16.5. The molecule has 1 amide bonds. The Morgan fingerprint density at radius 2 is 0.808 bits per heavy atom. The predicted molar refractivity (Wildman–Crippen MR) is 314 cm³/mol. The maximum absolute atomic E-state index is 13.2. The number of rotatable bonds is 54. The van der Waals surface area contributed by atoms with Gasteiger partial charge in [0.2, 0.25) is 5.91 Å². The number of hydrogen-bond donors (Lipinski definition) is 9. The minimum absolute atomic E-state index is 0.205. The molecule has 78 heavy (non-hydrogen) atoms. The standard InChI is InChI=1S/C64H123NO13/c1-3-5-7-9-11-12-13-14-15-16-17-18-19-20-21-22-23-24-25-26-27-28-29-30-31-32-33-34-35-36-37-38-39-40-42-44-46-48-56(69)65-52(53(68)47-45-43-41-10-8-6-4-2)51-75-63-61(74)59(72)62(55(50-67)77-63)78-64-60(73)58(71)57(70)54(49-66)76-64/h16-17,52-55,57-64,66-68,70-74H,3-15,18-51H2,1-2H3,(H,65,69)/b17-16-. The van der Waals surface area contributed by atoms with E-state index in [4.69, 9.17) is 18.9 Å². The van der Waals surface area contributed by atoms with Crippen molar-refractivity contribution in [1.29, 1.82) is 0 Å². The zero-order valence-corrected chi connectivity index (χ0v) is 49.9. The third-order valence-electron chi connectivity index (χ3n) is 16.5. The Balaban J connectivity index is 1.49. The molecule has 0 aromatic heterocycles. The molecule has 0 aromatic rings. The fourth-order valence-corrected chi connectivity index (χ4v) is 11.2. The fourth-order valence-electron chi connectivity index (χ4n) is 11.2. The van der Waals surface area contributed by atoms with E-state index in [9.17, 15) is 45.6 Å². The van der Waals surface area contributed by atoms with Crippen LogP contribution in [0, 0.1) is 0 Å². The molecular formula is C64H123NO13. The maximum Gasteiger partial charge on any atom is 0.220 e. The highest BCUT2D eigenvalue weighted by molar-refractivity contribution is 5.76. The number of allylic oxidation sites excluding steroid dienone is 2. The van der Waals surface area contributed by atoms with Crippen molar-refractivity contribution < 1.29 is 64.6 Å². The van der Waals surface area contributed by atoms with Gasteiger partial charge in [0.15, 0.2) is 12.6 Å². The average molecular weight is 1110 g/mol. The van der Waals surface area contributed by atoms with Crippen molar-refractivity contribution >= 4 is 5.91 Å². The van der Waals surface area contributed by atoms with Crippen LogP contribution < -0.4 is 5.32 Å². The van der Waals surface area contributed by atoms with Crippen LogP contribution in [0.15, 0.2) is 12.2 Å². The van der Waals surface area contributed by atoms with Crippen LogP contribution in [-0.2, 0) is 23.7 Å². The molecule has 2 rings (SSSR count). The van der Waals surface area contributed by atoms with Gasteiger partial charge in [0.1, 0.15) is 48.8 Å². The Bertz CT molecular complexity index is 1360. The van der Waals surface area contributed by atoms with E-state index in [1.165, 1.54) is 218 Å². The lowest BCUT2D eigenvalue weighted by Crippen LogP contribution is -2.65. The summed E-state index contributed by atoms with van der Waals surface area (Å²) in [5.74, 6) is -0.205. The van der Waals surface area contributed by atoms with Crippen LogP contribution in [0.1, 0.15) is 296 Å². The third kappa shape index (κ3) is 35.0. The molecular weight excluding hydrogens is 991 g/mol. The lowest BCUT2D eigenvalue weighted by Gasteiger charge is -2.46. The monoisotopic (exact) mass is 1110 g/mol. The van der Waals surface area contributed by atoms with Crippen LogP contribution in [-0.4, -0.2) is 140 Å². The molecule has 9 N–H and O–H groups in total. The first-order valence-corrected chi connectivity index (χ1v) is 32.9. The smallest absolute Gasteiger partial charge is 0.220 e. The molecule has 12 unspecified atom stereocenters. The van der Waals surface area contributed by atoms with E-state index in [1.54, 1.807) is 0 Å². The largest absolute Gasteiger partial charge is 0.394 e. The quantitative estimate of drug-likeness (QED) is 0.0204. The highest BCUT2D eigenvalue weighted by Crippen LogP contribution is 2.30. The van der Waals surface area contributed by atoms with Gasteiger partial charge in [-0.2, -0.15) is 0 Å². The minimum Gasteiger partial charge on any atom is -0.394 e. The summed E-state index contributed by atoms with van der Waals surface area (Å²) in [7, 11) is 0. The summed E-state index contributed by atoms with van der Waals surface area (Å²) >= 11 is 0. The molecule has 14 heteroatoms. The molecule has 2 saturated heterocycles. The van der Waals surface area contributed by atoms with E-state index in [1.807, 2.05) is 0 Å². The first kappa shape index (κ1) is 72.8. The predicted octanol–water partition coefficient (Wildman–Crippen LogP) is 12.2. The summed E-state index contributed by atoms with van der Waals surface area (Å²) in [6.45, 7) is 2.83. The van der Waals surface area contributed by atoms with Crippen LogP contribution in [0.3, 0.4) is 0 Å². The molecule has 2 aliphatic heterocycles. The SMILES string of the molecule is CCCCCCCCCC/C=C\CCCCCCCCCCCCCCCCCCCCCCCCCCCC(=O)NC(COC1OC(CO)C(OC2OC(CO)C(O)C(O)C2O)C(O)C1O)C(O)CCCCCCCCC. The van der Waals surface area contributed by atoms with Crippen LogP contribution in [0.25, 0.3) is 0 Å². The number of hydrogen-bond acceptors (Lipinski definition) is 13. The van der Waals surface area contributed by atoms with E-state index >= 15 is 0 Å². The molecule has 0 aromatic carbocycles. The van der Waals surface area contributed by atoms with E-state index in [-0.39, 0.29) is 12.5 Å². The summed E-state index contributed by atoms with van der Waals surface area (Å²) in [6.07, 6.45) is 43.1. The topological polar surface area (TPSA) is 228 Å². The first-order chi connectivity index (χ1) is 38.1. The van der Waals surface area contributed by atoms with E-state index in [2.05, 4.69) is 31.3 Å². The Morgan fingerprint density at radius 3 is 1.22 bits per heavy atom. The Morgan fingerprint density at radius 1 is 0.449 bits per heavy atom. The molecule has 0 radical (unpaired) electrons. The Hall–Kier alpha value is -1.27. The minimum atomic E-state index is -1.78. The molecule has 0 spiro atoms. The normalized spacial score (nSPS) is 24.5. The van der Waals surface area contributed by atoms with Crippen LogP contribution in [0.2, 0.25) is 0 Å². The van der Waals surface area contributed by atoms with Gasteiger partial charge in [0.25, 0.3) is 0 Å². The molecule has 0 saturated carbocycles. The van der Waals surface area contributed by atoms with E-state index in [0.717, 1.165) is 51.4 Å². The summed E-state index contributed by atoms with van der Waals surface area (Å²) in [5, 5.41) is 86.9. The van der Waals surface area contributed by atoms with Crippen molar-refractivity contribution in [2.45, 2.75) is 370 Å². The molecule has 0 aliphatic carbocycles.